The molecule has 0 aromatic heterocycles. The van der Waals surface area contributed by atoms with Crippen molar-refractivity contribution < 1.29 is 22.4 Å². The molecular formula is C21H23ClFN3O4S. The van der Waals surface area contributed by atoms with Gasteiger partial charge in [-0.25, -0.2) is 17.5 Å². The van der Waals surface area contributed by atoms with E-state index < -0.39 is 27.3 Å². The number of nitrogens with one attached hydrogen (secondary N) is 2. The zero-order chi connectivity index (χ0) is 23.0. The molecule has 2 aromatic carbocycles. The first kappa shape index (κ1) is 23.2. The van der Waals surface area contributed by atoms with Gasteiger partial charge in [0.1, 0.15) is 5.82 Å². The number of carbonyl (C=O) groups is 2. The highest BCUT2D eigenvalue weighted by Gasteiger charge is 2.35. The Hall–Kier alpha value is -2.49. The van der Waals surface area contributed by atoms with Crippen molar-refractivity contribution in [1.82, 2.24) is 4.72 Å². The molecule has 7 nitrogen and oxygen atoms in total. The Kier molecular flexibility index (Phi) is 6.40. The third kappa shape index (κ3) is 5.61. The number of sulfonamides is 1. The molecule has 2 amide bonds. The standard InChI is InChI=1S/C21H23ClFN3O4S/c1-21(2,3)25-31(29,30)16-7-4-14(5-8-16)24-20(28)13-10-19(27)26(12-13)15-6-9-18(23)17(22)11-15/h4-9,11,13,25H,10,12H2,1-3H3,(H,24,28). The molecule has 1 heterocycles. The number of hydrogen-bond acceptors (Lipinski definition) is 4. The lowest BCUT2D eigenvalue weighted by atomic mass is 10.1. The maximum Gasteiger partial charge on any atom is 0.241 e. The van der Waals surface area contributed by atoms with Crippen molar-refractivity contribution >= 4 is 44.8 Å². The molecule has 0 aliphatic carbocycles. The Balaban J connectivity index is 1.67. The zero-order valence-electron chi connectivity index (χ0n) is 17.3. The number of hydrogen-bond donors (Lipinski definition) is 2. The first-order valence-electron chi connectivity index (χ1n) is 9.56. The molecule has 31 heavy (non-hydrogen) atoms. The topological polar surface area (TPSA) is 95.6 Å². The van der Waals surface area contributed by atoms with Crippen LogP contribution in [-0.2, 0) is 19.6 Å². The Morgan fingerprint density at radius 1 is 1.16 bits per heavy atom. The van der Waals surface area contributed by atoms with Gasteiger partial charge in [0.2, 0.25) is 21.8 Å². The summed E-state index contributed by atoms with van der Waals surface area (Å²) in [5, 5.41) is 2.60. The molecule has 0 radical (unpaired) electrons. The zero-order valence-corrected chi connectivity index (χ0v) is 18.8. The maximum atomic E-state index is 13.4. The van der Waals surface area contributed by atoms with Crippen molar-refractivity contribution in [2.75, 3.05) is 16.8 Å². The molecule has 1 saturated heterocycles. The van der Waals surface area contributed by atoms with Gasteiger partial charge in [-0.15, -0.1) is 0 Å². The summed E-state index contributed by atoms with van der Waals surface area (Å²) in [4.78, 5) is 26.4. The Morgan fingerprint density at radius 3 is 2.39 bits per heavy atom. The summed E-state index contributed by atoms with van der Waals surface area (Å²) in [6.45, 7) is 5.36. The molecule has 1 aliphatic heterocycles. The lowest BCUT2D eigenvalue weighted by Crippen LogP contribution is -2.40. The van der Waals surface area contributed by atoms with E-state index in [0.29, 0.717) is 11.4 Å². The molecule has 2 aromatic rings. The van der Waals surface area contributed by atoms with E-state index in [1.165, 1.54) is 47.4 Å². The van der Waals surface area contributed by atoms with Crippen LogP contribution in [0, 0.1) is 11.7 Å². The van der Waals surface area contributed by atoms with Crippen molar-refractivity contribution in [1.29, 1.82) is 0 Å². The molecule has 10 heteroatoms. The van der Waals surface area contributed by atoms with E-state index in [1.54, 1.807) is 20.8 Å². The van der Waals surface area contributed by atoms with Gasteiger partial charge in [0.15, 0.2) is 0 Å². The van der Waals surface area contributed by atoms with Crippen molar-refractivity contribution in [3.8, 4) is 0 Å². The van der Waals surface area contributed by atoms with Crippen LogP contribution >= 0.6 is 11.6 Å². The highest BCUT2D eigenvalue weighted by molar-refractivity contribution is 7.89. The van der Waals surface area contributed by atoms with Gasteiger partial charge in [-0.1, -0.05) is 11.6 Å². The van der Waals surface area contributed by atoms with E-state index in [0.717, 1.165) is 0 Å². The molecule has 3 rings (SSSR count). The average Bonchev–Trinajstić information content (AvgIpc) is 3.04. The predicted molar refractivity (Wildman–Crippen MR) is 117 cm³/mol. The summed E-state index contributed by atoms with van der Waals surface area (Å²) >= 11 is 5.79. The second kappa shape index (κ2) is 8.57. The number of halogens is 2. The Morgan fingerprint density at radius 2 is 1.81 bits per heavy atom. The molecule has 166 valence electrons. The molecule has 0 saturated carbocycles. The normalized spacial score (nSPS) is 17.1. The fourth-order valence-corrected chi connectivity index (χ4v) is 4.80. The number of rotatable bonds is 5. The molecular weight excluding hydrogens is 445 g/mol. The first-order chi connectivity index (χ1) is 14.4. The Labute approximate surface area is 185 Å². The van der Waals surface area contributed by atoms with Crippen LogP contribution in [0.2, 0.25) is 5.02 Å². The third-order valence-electron chi connectivity index (χ3n) is 4.58. The van der Waals surface area contributed by atoms with Crippen LogP contribution < -0.4 is 14.9 Å². The minimum Gasteiger partial charge on any atom is -0.326 e. The average molecular weight is 468 g/mol. The van der Waals surface area contributed by atoms with E-state index in [-0.39, 0.29) is 34.7 Å². The fraction of sp³-hybridized carbons (Fsp3) is 0.333. The van der Waals surface area contributed by atoms with E-state index in [9.17, 15) is 22.4 Å². The summed E-state index contributed by atoms with van der Waals surface area (Å²) < 4.78 is 40.7. The lowest BCUT2D eigenvalue weighted by molar-refractivity contribution is -0.122. The van der Waals surface area contributed by atoms with Crippen LogP contribution in [0.3, 0.4) is 0 Å². The van der Waals surface area contributed by atoms with Crippen LogP contribution in [0.5, 0.6) is 0 Å². The SMILES string of the molecule is CC(C)(C)NS(=O)(=O)c1ccc(NC(=O)C2CC(=O)N(c3ccc(F)c(Cl)c3)C2)cc1. The minimum atomic E-state index is -3.68. The summed E-state index contributed by atoms with van der Waals surface area (Å²) in [7, 11) is -3.68. The third-order valence-corrected chi connectivity index (χ3v) is 6.65. The van der Waals surface area contributed by atoms with Crippen molar-refractivity contribution in [3.05, 3.63) is 53.3 Å². The number of benzene rings is 2. The van der Waals surface area contributed by atoms with Crippen molar-refractivity contribution in [3.63, 3.8) is 0 Å². The van der Waals surface area contributed by atoms with Crippen molar-refractivity contribution in [2.24, 2.45) is 5.92 Å². The molecule has 0 spiro atoms. The molecule has 1 aliphatic rings. The maximum absolute atomic E-state index is 13.4. The van der Waals surface area contributed by atoms with E-state index in [2.05, 4.69) is 10.0 Å². The second-order valence-corrected chi connectivity index (χ2v) is 10.5. The van der Waals surface area contributed by atoms with Crippen LogP contribution in [0.1, 0.15) is 27.2 Å². The largest absolute Gasteiger partial charge is 0.326 e. The van der Waals surface area contributed by atoms with Gasteiger partial charge in [-0.05, 0) is 63.2 Å². The molecule has 1 unspecified atom stereocenters. The van der Waals surface area contributed by atoms with E-state index in [1.807, 2.05) is 0 Å². The highest BCUT2D eigenvalue weighted by Crippen LogP contribution is 2.29. The van der Waals surface area contributed by atoms with Crippen molar-refractivity contribution in [2.45, 2.75) is 37.6 Å². The second-order valence-electron chi connectivity index (χ2n) is 8.37. The minimum absolute atomic E-state index is 0.00277. The number of anilines is 2. The molecule has 1 fully saturated rings. The number of amides is 2. The van der Waals surface area contributed by atoms with Gasteiger partial charge in [0.05, 0.1) is 15.8 Å². The van der Waals surface area contributed by atoms with Gasteiger partial charge in [-0.3, -0.25) is 9.59 Å². The first-order valence-corrected chi connectivity index (χ1v) is 11.4. The van der Waals surface area contributed by atoms with E-state index in [4.69, 9.17) is 11.6 Å². The van der Waals surface area contributed by atoms with Gasteiger partial charge in [0, 0.05) is 29.9 Å². The summed E-state index contributed by atoms with van der Waals surface area (Å²) in [5.41, 5.74) is 0.212. The van der Waals surface area contributed by atoms with Gasteiger partial charge >= 0.3 is 0 Å². The van der Waals surface area contributed by atoms with E-state index >= 15 is 0 Å². The fourth-order valence-electron chi connectivity index (χ4n) is 3.21. The predicted octanol–water partition coefficient (Wildman–Crippen LogP) is 3.55. The molecule has 2 N–H and O–H groups in total. The van der Waals surface area contributed by atoms with Gasteiger partial charge in [0.25, 0.3) is 0 Å². The van der Waals surface area contributed by atoms with Crippen LogP contribution in [0.4, 0.5) is 15.8 Å². The lowest BCUT2D eigenvalue weighted by Gasteiger charge is -2.20. The smallest absolute Gasteiger partial charge is 0.241 e. The number of carbonyl (C=O) groups excluding carboxylic acids is 2. The molecule has 0 bridgehead atoms. The quantitative estimate of drug-likeness (QED) is 0.703. The highest BCUT2D eigenvalue weighted by atomic mass is 35.5. The van der Waals surface area contributed by atoms with Gasteiger partial charge < -0.3 is 10.2 Å². The summed E-state index contributed by atoms with van der Waals surface area (Å²) in [6.07, 6.45) is 0.00277. The summed E-state index contributed by atoms with van der Waals surface area (Å²) in [5.74, 6) is -1.83. The van der Waals surface area contributed by atoms with Gasteiger partial charge in [-0.2, -0.15) is 0 Å². The number of nitrogens with zero attached hydrogens (tertiary/aromatic N) is 1. The van der Waals surface area contributed by atoms with Crippen LogP contribution in [-0.4, -0.2) is 32.3 Å². The molecule has 1 atom stereocenters. The summed E-state index contributed by atoms with van der Waals surface area (Å²) in [6, 6.07) is 9.73. The van der Waals surface area contributed by atoms with Crippen LogP contribution in [0.25, 0.3) is 0 Å². The van der Waals surface area contributed by atoms with Crippen LogP contribution in [0.15, 0.2) is 47.4 Å². The Bertz CT molecular complexity index is 1110. The monoisotopic (exact) mass is 467 g/mol.